The van der Waals surface area contributed by atoms with E-state index < -0.39 is 11.6 Å². The van der Waals surface area contributed by atoms with Gasteiger partial charge in [-0.05, 0) is 6.42 Å². The second-order valence-electron chi connectivity index (χ2n) is 5.33. The molecule has 0 unspecified atom stereocenters. The predicted octanol–water partition coefficient (Wildman–Crippen LogP) is 3.70. The monoisotopic (exact) mass is 355 g/mol. The lowest BCUT2D eigenvalue weighted by atomic mass is 10.1. The summed E-state index contributed by atoms with van der Waals surface area (Å²) in [6, 6.07) is 0. The molecule has 0 atom stereocenters. The van der Waals surface area contributed by atoms with Crippen LogP contribution in [0.2, 0.25) is 0 Å². The van der Waals surface area contributed by atoms with Gasteiger partial charge in [-0.25, -0.2) is 9.59 Å². The first kappa shape index (κ1) is 18.3. The molecule has 0 amide bonds. The summed E-state index contributed by atoms with van der Waals surface area (Å²) in [4.78, 5) is 27.5. The van der Waals surface area contributed by atoms with Gasteiger partial charge in [-0.2, -0.15) is 4.98 Å². The van der Waals surface area contributed by atoms with E-state index in [0.717, 1.165) is 30.6 Å². The fraction of sp³-hybridized carbons (Fsp3) is 0.562. The number of fused-ring (bicyclic) bond motifs is 1. The summed E-state index contributed by atoms with van der Waals surface area (Å²) < 4.78 is 15.4. The summed E-state index contributed by atoms with van der Waals surface area (Å²) in [5, 5.41) is 9.19. The van der Waals surface area contributed by atoms with Crippen molar-refractivity contribution >= 4 is 27.5 Å². The first-order chi connectivity index (χ1) is 11.6. The molecule has 1 N–H and O–H groups in total. The van der Waals surface area contributed by atoms with Crippen molar-refractivity contribution in [1.29, 1.82) is 0 Å². The average Bonchev–Trinajstić information content (AvgIpc) is 2.93. The van der Waals surface area contributed by atoms with Crippen molar-refractivity contribution in [3.63, 3.8) is 0 Å². The molecule has 2 aromatic rings. The van der Waals surface area contributed by atoms with E-state index in [4.69, 9.17) is 19.0 Å². The number of aromatic carboxylic acids is 1. The van der Waals surface area contributed by atoms with Crippen LogP contribution >= 0.6 is 11.3 Å². The number of ether oxygens (including phenoxy) is 2. The van der Waals surface area contributed by atoms with Crippen LogP contribution in [0.1, 0.15) is 55.1 Å². The van der Waals surface area contributed by atoms with E-state index in [1.807, 2.05) is 0 Å². The Kier molecular flexibility index (Phi) is 6.60. The molecule has 0 bridgehead atoms. The van der Waals surface area contributed by atoms with Crippen LogP contribution in [0.4, 0.5) is 0 Å². The number of carboxylic acids is 1. The number of thiophene rings is 1. The normalized spacial score (nSPS) is 10.9. The van der Waals surface area contributed by atoms with Gasteiger partial charge in [-0.1, -0.05) is 39.0 Å². The molecule has 0 fully saturated rings. The summed E-state index contributed by atoms with van der Waals surface area (Å²) >= 11 is 0.862. The Labute approximate surface area is 143 Å². The Balaban J connectivity index is 2.05. The Morgan fingerprint density at radius 1 is 1.25 bits per heavy atom. The molecule has 7 nitrogen and oxygen atoms in total. The lowest BCUT2D eigenvalue weighted by Crippen LogP contribution is -2.06. The Hall–Kier alpha value is -2.09. The van der Waals surface area contributed by atoms with Gasteiger partial charge in [0.15, 0.2) is 10.6 Å². The van der Waals surface area contributed by atoms with E-state index in [1.165, 1.54) is 26.4 Å². The number of hydrogen-bond donors (Lipinski definition) is 1. The smallest absolute Gasteiger partial charge is 0.397 e. The van der Waals surface area contributed by atoms with Crippen LogP contribution in [0.5, 0.6) is 11.8 Å². The molecule has 0 radical (unpaired) electrons. The van der Waals surface area contributed by atoms with Crippen molar-refractivity contribution in [2.45, 2.75) is 45.4 Å². The molecule has 132 valence electrons. The Morgan fingerprint density at radius 3 is 2.62 bits per heavy atom. The highest BCUT2D eigenvalue weighted by molar-refractivity contribution is 7.20. The van der Waals surface area contributed by atoms with Gasteiger partial charge in [0.1, 0.15) is 10.2 Å². The Morgan fingerprint density at radius 2 is 1.96 bits per heavy atom. The zero-order chi connectivity index (χ0) is 17.5. The second-order valence-corrected chi connectivity index (χ2v) is 6.33. The summed E-state index contributed by atoms with van der Waals surface area (Å²) in [6.45, 7) is 2.57. The minimum absolute atomic E-state index is 0.0220. The fourth-order valence-electron chi connectivity index (χ4n) is 2.34. The molecule has 2 rings (SSSR count). The maximum Gasteiger partial charge on any atom is 0.397 e. The summed E-state index contributed by atoms with van der Waals surface area (Å²) in [7, 11) is 1.30. The highest BCUT2D eigenvalue weighted by Crippen LogP contribution is 2.35. The minimum Gasteiger partial charge on any atom is -0.494 e. The van der Waals surface area contributed by atoms with Crippen LogP contribution in [0.3, 0.4) is 0 Å². The standard InChI is InChI=1S/C16H21NO6S/c1-3-4-5-6-7-8-9-22-16-17-13-10(15(20)23-16)11(21-2)12(24-13)14(18)19/h3-9H2,1-2H3,(H,18,19). The zero-order valence-electron chi connectivity index (χ0n) is 13.8. The molecule has 2 heterocycles. The maximum absolute atomic E-state index is 12.1. The van der Waals surface area contributed by atoms with Crippen molar-refractivity contribution in [3.8, 4) is 11.8 Å². The van der Waals surface area contributed by atoms with Crippen molar-refractivity contribution < 1.29 is 23.8 Å². The molecular weight excluding hydrogens is 334 g/mol. The van der Waals surface area contributed by atoms with E-state index >= 15 is 0 Å². The van der Waals surface area contributed by atoms with Gasteiger partial charge in [0.05, 0.1) is 13.7 Å². The van der Waals surface area contributed by atoms with Gasteiger partial charge in [0, 0.05) is 0 Å². The van der Waals surface area contributed by atoms with E-state index in [9.17, 15) is 9.59 Å². The maximum atomic E-state index is 12.1. The molecule has 0 saturated heterocycles. The third-order valence-electron chi connectivity index (χ3n) is 3.54. The van der Waals surface area contributed by atoms with Crippen molar-refractivity contribution in [2.24, 2.45) is 0 Å². The summed E-state index contributed by atoms with van der Waals surface area (Å²) in [5.74, 6) is -1.20. The highest BCUT2D eigenvalue weighted by atomic mass is 32.1. The predicted molar refractivity (Wildman–Crippen MR) is 90.5 cm³/mol. The molecule has 0 aliphatic heterocycles. The van der Waals surface area contributed by atoms with E-state index in [1.54, 1.807) is 0 Å². The number of carbonyl (C=O) groups is 1. The van der Waals surface area contributed by atoms with E-state index in [0.29, 0.717) is 6.61 Å². The first-order valence-corrected chi connectivity index (χ1v) is 8.77. The van der Waals surface area contributed by atoms with Crippen molar-refractivity contribution in [1.82, 2.24) is 4.98 Å². The van der Waals surface area contributed by atoms with Gasteiger partial charge < -0.3 is 19.0 Å². The minimum atomic E-state index is -1.18. The number of carboxylic acid groups (broad SMARTS) is 1. The van der Waals surface area contributed by atoms with Crippen LogP contribution in [-0.2, 0) is 0 Å². The number of methoxy groups -OCH3 is 1. The molecule has 2 aromatic heterocycles. The lowest BCUT2D eigenvalue weighted by Gasteiger charge is -2.03. The lowest BCUT2D eigenvalue weighted by molar-refractivity contribution is 0.0699. The van der Waals surface area contributed by atoms with Crippen LogP contribution in [0.15, 0.2) is 9.21 Å². The zero-order valence-corrected chi connectivity index (χ0v) is 14.6. The fourth-order valence-corrected chi connectivity index (χ4v) is 3.30. The third-order valence-corrected chi connectivity index (χ3v) is 4.60. The Bertz CT molecular complexity index is 751. The topological polar surface area (TPSA) is 98.9 Å². The molecular formula is C16H21NO6S. The van der Waals surface area contributed by atoms with Crippen LogP contribution in [0, 0.1) is 0 Å². The molecule has 0 aliphatic carbocycles. The van der Waals surface area contributed by atoms with Crippen LogP contribution < -0.4 is 15.1 Å². The van der Waals surface area contributed by atoms with Crippen molar-refractivity contribution in [2.75, 3.05) is 13.7 Å². The average molecular weight is 355 g/mol. The highest BCUT2D eigenvalue weighted by Gasteiger charge is 2.24. The molecule has 0 saturated carbocycles. The van der Waals surface area contributed by atoms with Gasteiger partial charge in [-0.15, -0.1) is 11.3 Å². The number of nitrogens with zero attached hydrogens (tertiary/aromatic N) is 1. The SMILES string of the molecule is CCCCCCCCOc1nc2sc(C(=O)O)c(OC)c2c(=O)o1. The van der Waals surface area contributed by atoms with Crippen LogP contribution in [-0.4, -0.2) is 29.8 Å². The number of unbranched alkanes of at least 4 members (excludes halogenated alkanes) is 5. The van der Waals surface area contributed by atoms with Gasteiger partial charge in [0.2, 0.25) is 0 Å². The van der Waals surface area contributed by atoms with Crippen molar-refractivity contribution in [3.05, 3.63) is 15.3 Å². The largest absolute Gasteiger partial charge is 0.494 e. The summed E-state index contributed by atoms with van der Waals surface area (Å²) in [6.07, 6.45) is 6.56. The number of rotatable bonds is 10. The molecule has 0 aliphatic rings. The molecule has 0 spiro atoms. The van der Waals surface area contributed by atoms with E-state index in [2.05, 4.69) is 11.9 Å². The van der Waals surface area contributed by atoms with Gasteiger partial charge in [0.25, 0.3) is 0 Å². The van der Waals surface area contributed by atoms with Gasteiger partial charge in [-0.3, -0.25) is 0 Å². The molecule has 8 heteroatoms. The second kappa shape index (κ2) is 8.68. The van der Waals surface area contributed by atoms with E-state index in [-0.39, 0.29) is 26.9 Å². The van der Waals surface area contributed by atoms with Crippen LogP contribution in [0.25, 0.3) is 10.2 Å². The first-order valence-electron chi connectivity index (χ1n) is 7.96. The molecule has 24 heavy (non-hydrogen) atoms. The van der Waals surface area contributed by atoms with Gasteiger partial charge >= 0.3 is 17.7 Å². The molecule has 0 aromatic carbocycles. The number of aromatic nitrogens is 1. The summed E-state index contributed by atoms with van der Waals surface area (Å²) in [5.41, 5.74) is -0.710. The third kappa shape index (κ3) is 4.25. The number of hydrogen-bond acceptors (Lipinski definition) is 7. The quantitative estimate of drug-likeness (QED) is 0.649.